The minimum Gasteiger partial charge on any atom is -0.497 e. The summed E-state index contributed by atoms with van der Waals surface area (Å²) in [5, 5.41) is 3.66. The van der Waals surface area contributed by atoms with Gasteiger partial charge in [0, 0.05) is 6.04 Å². The Labute approximate surface area is 97.0 Å². The van der Waals surface area contributed by atoms with Crippen LogP contribution in [0.5, 0.6) is 5.75 Å². The van der Waals surface area contributed by atoms with Crippen LogP contribution < -0.4 is 10.1 Å². The number of hydrogen-bond acceptors (Lipinski definition) is 2. The topological polar surface area (TPSA) is 21.3 Å². The van der Waals surface area contributed by atoms with Gasteiger partial charge < -0.3 is 10.1 Å². The molecule has 2 heteroatoms. The van der Waals surface area contributed by atoms with E-state index in [-0.39, 0.29) is 0 Å². The molecule has 1 aliphatic heterocycles. The molecule has 0 bridgehead atoms. The molecular formula is C14H19NO. The van der Waals surface area contributed by atoms with Gasteiger partial charge in [-0.3, -0.25) is 0 Å². The average Bonchev–Trinajstić information content (AvgIpc) is 2.38. The Balaban J connectivity index is 1.96. The predicted molar refractivity (Wildman–Crippen MR) is 65.1 cm³/mol. The Bertz CT molecular complexity index is 388. The van der Waals surface area contributed by atoms with Crippen molar-refractivity contribution in [1.29, 1.82) is 0 Å². The molecule has 1 saturated heterocycles. The first-order valence-electron chi connectivity index (χ1n) is 6.28. The zero-order valence-electron chi connectivity index (χ0n) is 9.83. The van der Waals surface area contributed by atoms with Crippen molar-refractivity contribution >= 4 is 0 Å². The maximum absolute atomic E-state index is 5.30. The molecule has 0 saturated carbocycles. The Morgan fingerprint density at radius 1 is 1.31 bits per heavy atom. The fraction of sp³-hybridized carbons (Fsp3) is 0.571. The Kier molecular flexibility index (Phi) is 2.60. The molecule has 0 spiro atoms. The lowest BCUT2D eigenvalue weighted by Gasteiger charge is -2.38. The summed E-state index contributed by atoms with van der Waals surface area (Å²) in [5.74, 6) is 1.74. The smallest absolute Gasteiger partial charge is 0.119 e. The number of nitrogens with one attached hydrogen (secondary N) is 1. The molecule has 1 aliphatic carbocycles. The standard InChI is InChI=1S/C14H19NO/c1-16-11-5-6-12-10(9-11)4-7-14-13(12)3-2-8-15-14/h5-6,9,13-15H,2-4,7-8H2,1H3/t13-,14-/m0/s1. The fourth-order valence-electron chi connectivity index (χ4n) is 3.23. The van der Waals surface area contributed by atoms with Gasteiger partial charge in [0.25, 0.3) is 0 Å². The van der Waals surface area contributed by atoms with Crippen LogP contribution in [-0.2, 0) is 6.42 Å². The van der Waals surface area contributed by atoms with Crippen molar-refractivity contribution in [3.05, 3.63) is 29.3 Å². The first-order valence-corrected chi connectivity index (χ1v) is 6.28. The number of hydrogen-bond donors (Lipinski definition) is 1. The van der Waals surface area contributed by atoms with Crippen LogP contribution in [0, 0.1) is 0 Å². The third-order valence-electron chi connectivity index (χ3n) is 4.06. The van der Waals surface area contributed by atoms with Crippen LogP contribution in [0.4, 0.5) is 0 Å². The van der Waals surface area contributed by atoms with Gasteiger partial charge in [-0.2, -0.15) is 0 Å². The SMILES string of the molecule is COc1ccc2c(c1)CC[C@@H]1NCCC[C@@H]21. The highest BCUT2D eigenvalue weighted by Crippen LogP contribution is 2.38. The van der Waals surface area contributed by atoms with E-state index in [9.17, 15) is 0 Å². The Hall–Kier alpha value is -1.02. The third-order valence-corrected chi connectivity index (χ3v) is 4.06. The van der Waals surface area contributed by atoms with Crippen LogP contribution in [0.15, 0.2) is 18.2 Å². The van der Waals surface area contributed by atoms with E-state index in [1.807, 2.05) is 0 Å². The predicted octanol–water partition coefficient (Wildman–Crippen LogP) is 2.48. The van der Waals surface area contributed by atoms with Crippen molar-refractivity contribution in [1.82, 2.24) is 5.32 Å². The number of piperidine rings is 1. The fourth-order valence-corrected chi connectivity index (χ4v) is 3.23. The normalized spacial score (nSPS) is 28.1. The molecule has 0 amide bonds. The minimum absolute atomic E-state index is 0.717. The summed E-state index contributed by atoms with van der Waals surface area (Å²) < 4.78 is 5.30. The van der Waals surface area contributed by atoms with Gasteiger partial charge in [-0.1, -0.05) is 6.07 Å². The van der Waals surface area contributed by atoms with Crippen molar-refractivity contribution in [2.45, 2.75) is 37.6 Å². The van der Waals surface area contributed by atoms with Crippen LogP contribution in [0.2, 0.25) is 0 Å². The lowest BCUT2D eigenvalue weighted by molar-refractivity contribution is 0.318. The van der Waals surface area contributed by atoms with E-state index in [4.69, 9.17) is 4.74 Å². The van der Waals surface area contributed by atoms with E-state index < -0.39 is 0 Å². The van der Waals surface area contributed by atoms with E-state index in [2.05, 4.69) is 23.5 Å². The quantitative estimate of drug-likeness (QED) is 0.780. The molecule has 2 aliphatic rings. The van der Waals surface area contributed by atoms with E-state index in [1.54, 1.807) is 12.7 Å². The van der Waals surface area contributed by atoms with Crippen molar-refractivity contribution in [3.63, 3.8) is 0 Å². The molecule has 1 fully saturated rings. The molecule has 2 atom stereocenters. The van der Waals surface area contributed by atoms with E-state index in [0.29, 0.717) is 0 Å². The van der Waals surface area contributed by atoms with Crippen LogP contribution in [-0.4, -0.2) is 19.7 Å². The number of methoxy groups -OCH3 is 1. The third kappa shape index (κ3) is 1.61. The maximum atomic E-state index is 5.30. The highest BCUT2D eigenvalue weighted by molar-refractivity contribution is 5.40. The molecule has 1 aromatic carbocycles. The first kappa shape index (κ1) is 10.2. The van der Waals surface area contributed by atoms with Gasteiger partial charge in [0.05, 0.1) is 7.11 Å². The summed E-state index contributed by atoms with van der Waals surface area (Å²) in [6.45, 7) is 1.20. The second-order valence-electron chi connectivity index (χ2n) is 4.91. The van der Waals surface area contributed by atoms with Crippen LogP contribution in [0.25, 0.3) is 0 Å². The molecule has 0 aromatic heterocycles. The highest BCUT2D eigenvalue weighted by Gasteiger charge is 2.31. The summed E-state index contributed by atoms with van der Waals surface area (Å²) >= 11 is 0. The van der Waals surface area contributed by atoms with Crippen LogP contribution in [0.1, 0.15) is 36.3 Å². The lowest BCUT2D eigenvalue weighted by Crippen LogP contribution is -2.42. The minimum atomic E-state index is 0.717. The number of fused-ring (bicyclic) bond motifs is 3. The van der Waals surface area contributed by atoms with Crippen molar-refractivity contribution in [2.75, 3.05) is 13.7 Å². The number of aryl methyl sites for hydroxylation is 1. The molecule has 0 unspecified atom stereocenters. The van der Waals surface area contributed by atoms with Crippen LogP contribution in [0.3, 0.4) is 0 Å². The van der Waals surface area contributed by atoms with E-state index in [1.165, 1.54) is 37.8 Å². The van der Waals surface area contributed by atoms with Gasteiger partial charge >= 0.3 is 0 Å². The average molecular weight is 217 g/mol. The Morgan fingerprint density at radius 2 is 2.25 bits per heavy atom. The number of benzene rings is 1. The largest absolute Gasteiger partial charge is 0.497 e. The molecule has 86 valence electrons. The highest BCUT2D eigenvalue weighted by atomic mass is 16.5. The summed E-state index contributed by atoms with van der Waals surface area (Å²) in [6.07, 6.45) is 5.13. The van der Waals surface area contributed by atoms with Crippen molar-refractivity contribution in [3.8, 4) is 5.75 Å². The van der Waals surface area contributed by atoms with Gasteiger partial charge in [-0.25, -0.2) is 0 Å². The van der Waals surface area contributed by atoms with Gasteiger partial charge in [0.1, 0.15) is 5.75 Å². The summed E-state index contributed by atoms with van der Waals surface area (Å²) in [5.41, 5.74) is 3.06. The number of ether oxygens (including phenoxy) is 1. The molecule has 16 heavy (non-hydrogen) atoms. The molecule has 1 N–H and O–H groups in total. The van der Waals surface area contributed by atoms with Crippen molar-refractivity contribution in [2.24, 2.45) is 0 Å². The monoisotopic (exact) mass is 217 g/mol. The second kappa shape index (κ2) is 4.10. The summed E-state index contributed by atoms with van der Waals surface area (Å²) in [6, 6.07) is 7.32. The zero-order valence-corrected chi connectivity index (χ0v) is 9.83. The van der Waals surface area contributed by atoms with Gasteiger partial charge in [-0.05, 0) is 61.4 Å². The summed E-state index contributed by atoms with van der Waals surface area (Å²) in [7, 11) is 1.75. The maximum Gasteiger partial charge on any atom is 0.119 e. The number of rotatable bonds is 1. The van der Waals surface area contributed by atoms with Gasteiger partial charge in [0.15, 0.2) is 0 Å². The van der Waals surface area contributed by atoms with E-state index >= 15 is 0 Å². The molecule has 3 rings (SSSR count). The summed E-state index contributed by atoms with van der Waals surface area (Å²) in [4.78, 5) is 0. The van der Waals surface area contributed by atoms with Gasteiger partial charge in [-0.15, -0.1) is 0 Å². The second-order valence-corrected chi connectivity index (χ2v) is 4.91. The molecule has 1 heterocycles. The lowest BCUT2D eigenvalue weighted by atomic mass is 9.75. The van der Waals surface area contributed by atoms with Gasteiger partial charge in [0.2, 0.25) is 0 Å². The Morgan fingerprint density at radius 3 is 3.12 bits per heavy atom. The molecule has 2 nitrogen and oxygen atoms in total. The van der Waals surface area contributed by atoms with E-state index in [0.717, 1.165) is 17.7 Å². The van der Waals surface area contributed by atoms with Crippen LogP contribution >= 0.6 is 0 Å². The molecular weight excluding hydrogens is 198 g/mol. The zero-order chi connectivity index (χ0) is 11.0. The van der Waals surface area contributed by atoms with Crippen molar-refractivity contribution < 1.29 is 4.74 Å². The first-order chi connectivity index (χ1) is 7.88. The molecule has 0 radical (unpaired) electrons. The molecule has 1 aromatic rings.